The molecular formula is C15H18ClNS. The van der Waals surface area contributed by atoms with E-state index in [1.807, 2.05) is 6.07 Å². The van der Waals surface area contributed by atoms with Crippen molar-refractivity contribution in [3.63, 3.8) is 0 Å². The van der Waals surface area contributed by atoms with Crippen LogP contribution in [0, 0.1) is 0 Å². The van der Waals surface area contributed by atoms with Gasteiger partial charge >= 0.3 is 0 Å². The maximum absolute atomic E-state index is 6.00. The molecule has 0 saturated carbocycles. The molecule has 1 atom stereocenters. The van der Waals surface area contributed by atoms with Crippen LogP contribution in [0.2, 0.25) is 4.34 Å². The van der Waals surface area contributed by atoms with Crippen LogP contribution in [0.15, 0.2) is 42.5 Å². The Morgan fingerprint density at radius 1 is 1.17 bits per heavy atom. The molecule has 1 nitrogen and oxygen atoms in total. The van der Waals surface area contributed by atoms with Crippen LogP contribution in [0.3, 0.4) is 0 Å². The molecular weight excluding hydrogens is 262 g/mol. The minimum Gasteiger partial charge on any atom is -0.316 e. The van der Waals surface area contributed by atoms with Gasteiger partial charge in [0.2, 0.25) is 0 Å². The van der Waals surface area contributed by atoms with E-state index >= 15 is 0 Å². The number of likely N-dealkylation sites (N-methyl/N-ethyl adjacent to an activating group) is 1. The molecule has 3 heteroatoms. The van der Waals surface area contributed by atoms with Gasteiger partial charge in [-0.2, -0.15) is 0 Å². The van der Waals surface area contributed by atoms with Crippen molar-refractivity contribution in [2.45, 2.75) is 19.3 Å². The molecule has 2 aromatic rings. The number of hydrogen-bond donors (Lipinski definition) is 1. The zero-order valence-corrected chi connectivity index (χ0v) is 12.1. The van der Waals surface area contributed by atoms with Gasteiger partial charge in [-0.15, -0.1) is 11.3 Å². The maximum Gasteiger partial charge on any atom is 0.0931 e. The smallest absolute Gasteiger partial charge is 0.0931 e. The summed E-state index contributed by atoms with van der Waals surface area (Å²) in [5, 5.41) is 3.45. The van der Waals surface area contributed by atoms with Crippen LogP contribution in [0.1, 0.15) is 23.3 Å². The first kappa shape index (κ1) is 13.6. The van der Waals surface area contributed by atoms with Crippen molar-refractivity contribution in [1.82, 2.24) is 5.32 Å². The van der Waals surface area contributed by atoms with Crippen molar-refractivity contribution in [2.24, 2.45) is 0 Å². The van der Waals surface area contributed by atoms with Crippen LogP contribution in [-0.2, 0) is 6.42 Å². The number of thiophene rings is 1. The number of benzene rings is 1. The van der Waals surface area contributed by atoms with E-state index in [0.717, 1.165) is 23.8 Å². The highest BCUT2D eigenvalue weighted by Crippen LogP contribution is 2.27. The molecule has 0 radical (unpaired) electrons. The van der Waals surface area contributed by atoms with Gasteiger partial charge < -0.3 is 5.32 Å². The molecule has 0 saturated heterocycles. The third-order valence-corrected chi connectivity index (χ3v) is 4.24. The molecule has 0 spiro atoms. The topological polar surface area (TPSA) is 12.0 Å². The summed E-state index contributed by atoms with van der Waals surface area (Å²) in [6.45, 7) is 4.16. The lowest BCUT2D eigenvalue weighted by atomic mass is 9.95. The van der Waals surface area contributed by atoms with Crippen molar-refractivity contribution in [3.8, 4) is 0 Å². The summed E-state index contributed by atoms with van der Waals surface area (Å²) in [5.41, 5.74) is 1.39. The SMILES string of the molecule is CCNCC(Cc1ccc(Cl)s1)c1ccccc1. The monoisotopic (exact) mass is 279 g/mol. The summed E-state index contributed by atoms with van der Waals surface area (Å²) in [7, 11) is 0. The van der Waals surface area contributed by atoms with Gasteiger partial charge in [0.05, 0.1) is 4.34 Å². The Labute approximate surface area is 118 Å². The van der Waals surface area contributed by atoms with E-state index in [1.165, 1.54) is 10.4 Å². The van der Waals surface area contributed by atoms with E-state index in [9.17, 15) is 0 Å². The molecule has 1 N–H and O–H groups in total. The first-order chi connectivity index (χ1) is 8.79. The Morgan fingerprint density at radius 3 is 2.56 bits per heavy atom. The van der Waals surface area contributed by atoms with E-state index in [4.69, 9.17) is 11.6 Å². The normalized spacial score (nSPS) is 12.6. The summed E-state index contributed by atoms with van der Waals surface area (Å²) in [5.74, 6) is 0.515. The van der Waals surface area contributed by atoms with Gasteiger partial charge in [-0.05, 0) is 30.7 Å². The lowest BCUT2D eigenvalue weighted by Crippen LogP contribution is -2.22. The van der Waals surface area contributed by atoms with Gasteiger partial charge in [0.15, 0.2) is 0 Å². The van der Waals surface area contributed by atoms with Crippen molar-refractivity contribution >= 4 is 22.9 Å². The fourth-order valence-corrected chi connectivity index (χ4v) is 3.22. The van der Waals surface area contributed by atoms with E-state index in [0.29, 0.717) is 5.92 Å². The molecule has 0 bridgehead atoms. The molecule has 1 unspecified atom stereocenters. The Balaban J connectivity index is 2.10. The van der Waals surface area contributed by atoms with Crippen molar-refractivity contribution in [1.29, 1.82) is 0 Å². The minimum absolute atomic E-state index is 0.515. The number of halogens is 1. The fourth-order valence-electron chi connectivity index (χ4n) is 2.06. The van der Waals surface area contributed by atoms with E-state index in [-0.39, 0.29) is 0 Å². The average Bonchev–Trinajstić information content (AvgIpc) is 2.81. The van der Waals surface area contributed by atoms with Gasteiger partial charge in [-0.3, -0.25) is 0 Å². The van der Waals surface area contributed by atoms with Gasteiger partial charge in [-0.1, -0.05) is 48.9 Å². The molecule has 1 heterocycles. The maximum atomic E-state index is 6.00. The largest absolute Gasteiger partial charge is 0.316 e. The second-order valence-corrected chi connectivity index (χ2v) is 6.12. The predicted octanol–water partition coefficient (Wildman–Crippen LogP) is 4.34. The molecule has 0 aliphatic rings. The standard InChI is InChI=1S/C15H18ClNS/c1-2-17-11-13(12-6-4-3-5-7-12)10-14-8-9-15(16)18-14/h3-9,13,17H,2,10-11H2,1H3. The Hall–Kier alpha value is -0.830. The van der Waals surface area contributed by atoms with Crippen LogP contribution in [0.4, 0.5) is 0 Å². The highest BCUT2D eigenvalue weighted by atomic mass is 35.5. The molecule has 0 aliphatic heterocycles. The van der Waals surface area contributed by atoms with Crippen LogP contribution in [-0.4, -0.2) is 13.1 Å². The summed E-state index contributed by atoms with van der Waals surface area (Å²) in [6.07, 6.45) is 1.05. The molecule has 96 valence electrons. The van der Waals surface area contributed by atoms with Crippen LogP contribution in [0.25, 0.3) is 0 Å². The molecule has 18 heavy (non-hydrogen) atoms. The number of hydrogen-bond acceptors (Lipinski definition) is 2. The summed E-state index contributed by atoms with van der Waals surface area (Å²) >= 11 is 7.68. The summed E-state index contributed by atoms with van der Waals surface area (Å²) in [6, 6.07) is 14.8. The van der Waals surface area contributed by atoms with Gasteiger partial charge in [-0.25, -0.2) is 0 Å². The first-order valence-electron chi connectivity index (χ1n) is 6.29. The van der Waals surface area contributed by atoms with Gasteiger partial charge in [0.25, 0.3) is 0 Å². The van der Waals surface area contributed by atoms with Crippen molar-refractivity contribution < 1.29 is 0 Å². The van der Waals surface area contributed by atoms with Gasteiger partial charge in [0, 0.05) is 17.3 Å². The molecule has 0 amide bonds. The molecule has 1 aromatic carbocycles. The second-order valence-electron chi connectivity index (χ2n) is 4.33. The predicted molar refractivity (Wildman–Crippen MR) is 80.8 cm³/mol. The minimum atomic E-state index is 0.515. The fraction of sp³-hybridized carbons (Fsp3) is 0.333. The quantitative estimate of drug-likeness (QED) is 0.830. The van der Waals surface area contributed by atoms with Crippen molar-refractivity contribution in [3.05, 3.63) is 57.2 Å². The second kappa shape index (κ2) is 6.93. The van der Waals surface area contributed by atoms with Crippen LogP contribution < -0.4 is 5.32 Å². The van der Waals surface area contributed by atoms with E-state index in [1.54, 1.807) is 11.3 Å². The molecule has 2 rings (SSSR count). The van der Waals surface area contributed by atoms with Crippen LogP contribution >= 0.6 is 22.9 Å². The lowest BCUT2D eigenvalue weighted by molar-refractivity contribution is 0.598. The highest BCUT2D eigenvalue weighted by Gasteiger charge is 2.12. The average molecular weight is 280 g/mol. The summed E-state index contributed by atoms with van der Waals surface area (Å²) in [4.78, 5) is 1.35. The zero-order valence-electron chi connectivity index (χ0n) is 10.5. The first-order valence-corrected chi connectivity index (χ1v) is 7.49. The molecule has 1 aromatic heterocycles. The Morgan fingerprint density at radius 2 is 1.94 bits per heavy atom. The van der Waals surface area contributed by atoms with Crippen LogP contribution in [0.5, 0.6) is 0 Å². The Kier molecular flexibility index (Phi) is 5.24. The van der Waals surface area contributed by atoms with Gasteiger partial charge in [0.1, 0.15) is 0 Å². The molecule has 0 fully saturated rings. The zero-order chi connectivity index (χ0) is 12.8. The third kappa shape index (κ3) is 3.84. The third-order valence-electron chi connectivity index (χ3n) is 2.99. The lowest BCUT2D eigenvalue weighted by Gasteiger charge is -2.17. The van der Waals surface area contributed by atoms with Crippen molar-refractivity contribution in [2.75, 3.05) is 13.1 Å². The number of rotatable bonds is 6. The highest BCUT2D eigenvalue weighted by molar-refractivity contribution is 7.16. The molecule has 0 aliphatic carbocycles. The van der Waals surface area contributed by atoms with E-state index in [2.05, 4.69) is 48.6 Å². The number of nitrogens with one attached hydrogen (secondary N) is 1. The Bertz CT molecular complexity index is 466. The summed E-state index contributed by atoms with van der Waals surface area (Å²) < 4.78 is 0.875. The van der Waals surface area contributed by atoms with E-state index < -0.39 is 0 Å².